The van der Waals surface area contributed by atoms with E-state index in [2.05, 4.69) is 5.32 Å². The summed E-state index contributed by atoms with van der Waals surface area (Å²) in [5, 5.41) is 3.00. The van der Waals surface area contributed by atoms with Gasteiger partial charge in [-0.25, -0.2) is 0 Å². The summed E-state index contributed by atoms with van der Waals surface area (Å²) >= 11 is 1.63. The molecule has 120 valence electrons. The lowest BCUT2D eigenvalue weighted by Gasteiger charge is -2.17. The predicted octanol–water partition coefficient (Wildman–Crippen LogP) is 3.97. The van der Waals surface area contributed by atoms with Gasteiger partial charge in [-0.3, -0.25) is 4.79 Å². The number of rotatable bonds is 6. The fourth-order valence-electron chi connectivity index (χ4n) is 2.34. The van der Waals surface area contributed by atoms with Crippen LogP contribution in [-0.2, 0) is 4.79 Å². The molecule has 1 aliphatic rings. The summed E-state index contributed by atoms with van der Waals surface area (Å²) in [5.41, 5.74) is 0.665. The number of benzene rings is 2. The normalized spacial score (nSPS) is 14.9. The number of hydrogen-bond acceptors (Lipinski definition) is 4. The number of methoxy groups -OCH3 is 2. The van der Waals surface area contributed by atoms with E-state index in [9.17, 15) is 4.79 Å². The van der Waals surface area contributed by atoms with Gasteiger partial charge in [0.25, 0.3) is 0 Å². The molecule has 3 rings (SSSR count). The molecule has 0 aromatic heterocycles. The summed E-state index contributed by atoms with van der Waals surface area (Å²) in [5.74, 6) is 1.31. The van der Waals surface area contributed by atoms with E-state index in [1.54, 1.807) is 38.1 Å². The molecule has 0 atom stereocenters. The molecule has 1 aliphatic carbocycles. The van der Waals surface area contributed by atoms with Crippen LogP contribution in [0, 0.1) is 0 Å². The third-order valence-corrected chi connectivity index (χ3v) is 5.32. The van der Waals surface area contributed by atoms with Gasteiger partial charge in [0.2, 0.25) is 5.91 Å². The number of anilines is 1. The Labute approximate surface area is 140 Å². The Kier molecular flexibility index (Phi) is 4.48. The van der Waals surface area contributed by atoms with Gasteiger partial charge >= 0.3 is 0 Å². The lowest BCUT2D eigenvalue weighted by atomic mass is 10.2. The number of nitrogens with one attached hydrogen (secondary N) is 1. The molecule has 1 amide bonds. The quantitative estimate of drug-likeness (QED) is 0.871. The SMILES string of the molecule is COc1ccc(NC(=O)C2(Sc3ccccc3)CC2)c(OC)c1. The standard InChI is InChI=1S/C18H19NO3S/c1-21-13-8-9-15(16(12-13)22-2)19-17(20)18(10-11-18)23-14-6-4-3-5-7-14/h3-9,12H,10-11H2,1-2H3,(H,19,20). The predicted molar refractivity (Wildman–Crippen MR) is 92.4 cm³/mol. The van der Waals surface area contributed by atoms with E-state index in [1.807, 2.05) is 36.4 Å². The van der Waals surface area contributed by atoms with Crippen molar-refractivity contribution in [2.45, 2.75) is 22.5 Å². The van der Waals surface area contributed by atoms with Crippen molar-refractivity contribution in [3.05, 3.63) is 48.5 Å². The summed E-state index contributed by atoms with van der Waals surface area (Å²) < 4.78 is 10.1. The van der Waals surface area contributed by atoms with Gasteiger partial charge in [-0.05, 0) is 37.1 Å². The molecule has 2 aromatic rings. The second-order valence-corrected chi connectivity index (χ2v) is 6.89. The number of amides is 1. The molecule has 4 nitrogen and oxygen atoms in total. The van der Waals surface area contributed by atoms with E-state index in [0.717, 1.165) is 17.7 Å². The molecule has 2 aromatic carbocycles. The van der Waals surface area contributed by atoms with Crippen LogP contribution in [0.1, 0.15) is 12.8 Å². The average molecular weight is 329 g/mol. The van der Waals surface area contributed by atoms with Crippen LogP contribution in [-0.4, -0.2) is 24.9 Å². The maximum atomic E-state index is 12.7. The summed E-state index contributed by atoms with van der Waals surface area (Å²) in [6, 6.07) is 15.4. The maximum absolute atomic E-state index is 12.7. The van der Waals surface area contributed by atoms with Gasteiger partial charge in [0.1, 0.15) is 11.5 Å². The van der Waals surface area contributed by atoms with Gasteiger partial charge in [0.05, 0.1) is 24.7 Å². The van der Waals surface area contributed by atoms with E-state index in [-0.39, 0.29) is 10.7 Å². The lowest BCUT2D eigenvalue weighted by Crippen LogP contribution is -2.26. The van der Waals surface area contributed by atoms with Crippen molar-refractivity contribution in [1.82, 2.24) is 0 Å². The molecule has 0 unspecified atom stereocenters. The highest BCUT2D eigenvalue weighted by Crippen LogP contribution is 2.52. The minimum Gasteiger partial charge on any atom is -0.497 e. The van der Waals surface area contributed by atoms with Gasteiger partial charge in [-0.2, -0.15) is 0 Å². The maximum Gasteiger partial charge on any atom is 0.241 e. The van der Waals surface area contributed by atoms with Gasteiger partial charge < -0.3 is 14.8 Å². The molecule has 0 heterocycles. The van der Waals surface area contributed by atoms with Crippen LogP contribution in [0.2, 0.25) is 0 Å². The number of ether oxygens (including phenoxy) is 2. The zero-order valence-electron chi connectivity index (χ0n) is 13.2. The molecule has 0 saturated heterocycles. The molecule has 1 N–H and O–H groups in total. The Morgan fingerprint density at radius 1 is 1.09 bits per heavy atom. The summed E-state index contributed by atoms with van der Waals surface area (Å²) in [6.07, 6.45) is 1.77. The third kappa shape index (κ3) is 3.45. The van der Waals surface area contributed by atoms with Gasteiger partial charge in [-0.1, -0.05) is 18.2 Å². The summed E-state index contributed by atoms with van der Waals surface area (Å²) in [4.78, 5) is 13.8. The molecule has 5 heteroatoms. The van der Waals surface area contributed by atoms with E-state index in [4.69, 9.17) is 9.47 Å². The Morgan fingerprint density at radius 2 is 1.83 bits per heavy atom. The average Bonchev–Trinajstić information content (AvgIpc) is 3.37. The highest BCUT2D eigenvalue weighted by atomic mass is 32.2. The van der Waals surface area contributed by atoms with Crippen molar-refractivity contribution in [2.24, 2.45) is 0 Å². The minimum absolute atomic E-state index is 0.0230. The second kappa shape index (κ2) is 6.54. The van der Waals surface area contributed by atoms with Crippen LogP contribution in [0.25, 0.3) is 0 Å². The Hall–Kier alpha value is -2.14. The monoisotopic (exact) mass is 329 g/mol. The van der Waals surface area contributed by atoms with Crippen molar-refractivity contribution in [2.75, 3.05) is 19.5 Å². The molecule has 0 bridgehead atoms. The van der Waals surface area contributed by atoms with Gasteiger partial charge in [-0.15, -0.1) is 11.8 Å². The number of thioether (sulfide) groups is 1. The molecule has 1 fully saturated rings. The van der Waals surface area contributed by atoms with Crippen LogP contribution >= 0.6 is 11.8 Å². The summed E-state index contributed by atoms with van der Waals surface area (Å²) in [6.45, 7) is 0. The lowest BCUT2D eigenvalue weighted by molar-refractivity contribution is -0.116. The molecule has 1 saturated carbocycles. The van der Waals surface area contributed by atoms with Crippen LogP contribution in [0.15, 0.2) is 53.4 Å². The highest BCUT2D eigenvalue weighted by Gasteiger charge is 2.51. The van der Waals surface area contributed by atoms with Crippen molar-refractivity contribution in [3.63, 3.8) is 0 Å². The zero-order chi connectivity index (χ0) is 16.3. The van der Waals surface area contributed by atoms with Gasteiger partial charge in [0.15, 0.2) is 0 Å². The zero-order valence-corrected chi connectivity index (χ0v) is 14.0. The van der Waals surface area contributed by atoms with E-state index in [1.165, 1.54) is 0 Å². The fourth-order valence-corrected chi connectivity index (χ4v) is 3.54. The third-order valence-electron chi connectivity index (χ3n) is 3.83. The van der Waals surface area contributed by atoms with Crippen LogP contribution in [0.5, 0.6) is 11.5 Å². The van der Waals surface area contributed by atoms with Crippen molar-refractivity contribution >= 4 is 23.4 Å². The van der Waals surface area contributed by atoms with Crippen molar-refractivity contribution in [1.29, 1.82) is 0 Å². The Balaban J connectivity index is 1.74. The first-order valence-electron chi connectivity index (χ1n) is 7.44. The minimum atomic E-state index is -0.369. The number of hydrogen-bond donors (Lipinski definition) is 1. The molecule has 0 spiro atoms. The van der Waals surface area contributed by atoms with E-state index in [0.29, 0.717) is 17.2 Å². The molecule has 0 radical (unpaired) electrons. The van der Waals surface area contributed by atoms with Crippen LogP contribution < -0.4 is 14.8 Å². The smallest absolute Gasteiger partial charge is 0.241 e. The second-order valence-electron chi connectivity index (χ2n) is 5.43. The topological polar surface area (TPSA) is 47.6 Å². The molecule has 0 aliphatic heterocycles. The largest absolute Gasteiger partial charge is 0.497 e. The first-order chi connectivity index (χ1) is 11.2. The fraction of sp³-hybridized carbons (Fsp3) is 0.278. The first kappa shape index (κ1) is 15.7. The van der Waals surface area contributed by atoms with E-state index >= 15 is 0 Å². The van der Waals surface area contributed by atoms with Gasteiger partial charge in [0, 0.05) is 11.0 Å². The Morgan fingerprint density at radius 3 is 2.43 bits per heavy atom. The first-order valence-corrected chi connectivity index (χ1v) is 8.26. The molecular weight excluding hydrogens is 310 g/mol. The number of carbonyl (C=O) groups is 1. The molecular formula is C18H19NO3S. The summed E-state index contributed by atoms with van der Waals surface area (Å²) in [7, 11) is 3.18. The van der Waals surface area contributed by atoms with Crippen LogP contribution in [0.3, 0.4) is 0 Å². The number of carbonyl (C=O) groups excluding carboxylic acids is 1. The van der Waals surface area contributed by atoms with Crippen molar-refractivity contribution in [3.8, 4) is 11.5 Å². The molecule has 23 heavy (non-hydrogen) atoms. The van der Waals surface area contributed by atoms with E-state index < -0.39 is 0 Å². The van der Waals surface area contributed by atoms with Crippen LogP contribution in [0.4, 0.5) is 5.69 Å². The Bertz CT molecular complexity index is 699. The van der Waals surface area contributed by atoms with Crippen molar-refractivity contribution < 1.29 is 14.3 Å². The highest BCUT2D eigenvalue weighted by molar-refractivity contribution is 8.01.